The molecule has 1 N–H and O–H groups in total. The summed E-state index contributed by atoms with van der Waals surface area (Å²) in [5.74, 6) is 2.33. The van der Waals surface area contributed by atoms with Gasteiger partial charge in [-0.1, -0.05) is 0 Å². The smallest absolute Gasteiger partial charge is 0.203 e. The Labute approximate surface area is 195 Å². The van der Waals surface area contributed by atoms with Gasteiger partial charge in [-0.2, -0.15) is 0 Å². The molecule has 0 spiro atoms. The molecule has 1 aliphatic rings. The lowest BCUT2D eigenvalue weighted by Crippen LogP contribution is -2.39. The zero-order valence-electron chi connectivity index (χ0n) is 19.5. The summed E-state index contributed by atoms with van der Waals surface area (Å²) in [4.78, 5) is 12.9. The van der Waals surface area contributed by atoms with E-state index >= 15 is 0 Å². The average molecular weight is 460 g/mol. The Hall–Kier alpha value is -2.81. The monoisotopic (exact) mass is 459 g/mol. The second-order valence-corrected chi connectivity index (χ2v) is 8.01. The normalized spacial score (nSPS) is 16.5. The van der Waals surface area contributed by atoms with E-state index in [1.165, 1.54) is 0 Å². The van der Waals surface area contributed by atoms with E-state index in [1.54, 1.807) is 45.6 Å². The maximum Gasteiger partial charge on any atom is 0.203 e. The summed E-state index contributed by atoms with van der Waals surface area (Å²) in [5.41, 5.74) is 1.55. The molecule has 3 rings (SSSR count). The number of aliphatic hydroxyl groups is 1. The van der Waals surface area contributed by atoms with E-state index in [-0.39, 0.29) is 12.7 Å². The molecule has 8 nitrogen and oxygen atoms in total. The number of carbonyl (C=O) groups excluding carboxylic acids is 1. The van der Waals surface area contributed by atoms with Crippen LogP contribution in [0, 0.1) is 0 Å². The number of methoxy groups -OCH3 is 3. The number of benzene rings is 2. The predicted octanol–water partition coefficient (Wildman–Crippen LogP) is 2.95. The number of hydrogen-bond donors (Lipinski definition) is 1. The maximum atomic E-state index is 10.8. The molecule has 8 heteroatoms. The molecule has 0 bridgehead atoms. The van der Waals surface area contributed by atoms with Crippen molar-refractivity contribution in [2.24, 2.45) is 0 Å². The maximum absolute atomic E-state index is 10.8. The standard InChI is InChI=1S/C25H33NO7/c1-29-23-11-19(12-24(30-2)25(23)31-3)13-26(15-22-5-4-10-32-22)14-20(28)17-33-21-8-6-18(16-27)7-9-21/h6-9,11-12,16,20,22,28H,4-5,10,13-15,17H2,1-3H3. The molecular formula is C25H33NO7. The highest BCUT2D eigenvalue weighted by molar-refractivity contribution is 5.74. The summed E-state index contributed by atoms with van der Waals surface area (Å²) in [6.07, 6.45) is 2.26. The summed E-state index contributed by atoms with van der Waals surface area (Å²) < 4.78 is 27.9. The highest BCUT2D eigenvalue weighted by Crippen LogP contribution is 2.38. The van der Waals surface area contributed by atoms with Crippen LogP contribution in [0.5, 0.6) is 23.0 Å². The predicted molar refractivity (Wildman–Crippen MR) is 124 cm³/mol. The molecular weight excluding hydrogens is 426 g/mol. The molecule has 0 saturated carbocycles. The summed E-state index contributed by atoms with van der Waals surface area (Å²) in [6, 6.07) is 10.6. The first-order chi connectivity index (χ1) is 16.1. The molecule has 1 saturated heterocycles. The summed E-state index contributed by atoms with van der Waals surface area (Å²) >= 11 is 0. The SMILES string of the molecule is COc1cc(CN(CC(O)COc2ccc(C=O)cc2)CC2CCCO2)cc(OC)c1OC. The summed E-state index contributed by atoms with van der Waals surface area (Å²) in [5, 5.41) is 10.7. The van der Waals surface area contributed by atoms with Crippen LogP contribution in [-0.4, -0.2) is 76.1 Å². The van der Waals surface area contributed by atoms with E-state index in [0.29, 0.717) is 48.2 Å². The van der Waals surface area contributed by atoms with Gasteiger partial charge in [0.2, 0.25) is 5.75 Å². The van der Waals surface area contributed by atoms with Gasteiger partial charge in [-0.15, -0.1) is 0 Å². The second-order valence-electron chi connectivity index (χ2n) is 8.01. The van der Waals surface area contributed by atoms with Crippen molar-refractivity contribution in [3.8, 4) is 23.0 Å². The van der Waals surface area contributed by atoms with Crippen LogP contribution in [0.4, 0.5) is 0 Å². The number of hydrogen-bond acceptors (Lipinski definition) is 8. The van der Waals surface area contributed by atoms with Crippen molar-refractivity contribution >= 4 is 6.29 Å². The zero-order valence-corrected chi connectivity index (χ0v) is 19.5. The van der Waals surface area contributed by atoms with Gasteiger partial charge in [0.05, 0.1) is 27.4 Å². The minimum Gasteiger partial charge on any atom is -0.493 e. The molecule has 2 unspecified atom stereocenters. The Bertz CT molecular complexity index is 856. The van der Waals surface area contributed by atoms with Gasteiger partial charge in [-0.05, 0) is 54.8 Å². The van der Waals surface area contributed by atoms with E-state index < -0.39 is 6.10 Å². The third-order valence-corrected chi connectivity index (χ3v) is 5.54. The average Bonchev–Trinajstić information content (AvgIpc) is 3.35. The molecule has 1 fully saturated rings. The lowest BCUT2D eigenvalue weighted by atomic mass is 10.1. The number of carbonyl (C=O) groups is 1. The first-order valence-corrected chi connectivity index (χ1v) is 11.0. The molecule has 2 aromatic carbocycles. The molecule has 0 aliphatic carbocycles. The third-order valence-electron chi connectivity index (χ3n) is 5.54. The first-order valence-electron chi connectivity index (χ1n) is 11.0. The summed E-state index contributed by atoms with van der Waals surface area (Å²) in [7, 11) is 4.76. The van der Waals surface area contributed by atoms with Crippen molar-refractivity contribution in [2.45, 2.75) is 31.6 Å². The van der Waals surface area contributed by atoms with Crippen molar-refractivity contribution in [3.63, 3.8) is 0 Å². The fourth-order valence-corrected chi connectivity index (χ4v) is 3.95. The van der Waals surface area contributed by atoms with Gasteiger partial charge in [0, 0.05) is 31.8 Å². The van der Waals surface area contributed by atoms with Gasteiger partial charge < -0.3 is 28.8 Å². The van der Waals surface area contributed by atoms with Crippen LogP contribution in [0.15, 0.2) is 36.4 Å². The van der Waals surface area contributed by atoms with Crippen LogP contribution in [0.3, 0.4) is 0 Å². The Balaban J connectivity index is 1.68. The Morgan fingerprint density at radius 1 is 1.12 bits per heavy atom. The summed E-state index contributed by atoms with van der Waals surface area (Å²) in [6.45, 7) is 2.58. The fraction of sp³-hybridized carbons (Fsp3) is 0.480. The van der Waals surface area contributed by atoms with Gasteiger partial charge >= 0.3 is 0 Å². The molecule has 2 aromatic rings. The Morgan fingerprint density at radius 2 is 1.82 bits per heavy atom. The van der Waals surface area contributed by atoms with E-state index in [0.717, 1.165) is 31.3 Å². The topological polar surface area (TPSA) is 86.7 Å². The van der Waals surface area contributed by atoms with E-state index in [9.17, 15) is 9.90 Å². The Morgan fingerprint density at radius 3 is 2.36 bits per heavy atom. The van der Waals surface area contributed by atoms with Crippen LogP contribution in [0.1, 0.15) is 28.8 Å². The lowest BCUT2D eigenvalue weighted by molar-refractivity contribution is 0.0313. The number of rotatable bonds is 13. The Kier molecular flexibility index (Phi) is 9.35. The quantitative estimate of drug-likeness (QED) is 0.458. The molecule has 33 heavy (non-hydrogen) atoms. The van der Waals surface area contributed by atoms with Crippen molar-refractivity contribution in [1.82, 2.24) is 4.90 Å². The minimum absolute atomic E-state index is 0.135. The minimum atomic E-state index is -0.709. The number of nitrogens with zero attached hydrogens (tertiary/aromatic N) is 1. The van der Waals surface area contributed by atoms with Crippen LogP contribution >= 0.6 is 0 Å². The van der Waals surface area contributed by atoms with E-state index in [2.05, 4.69) is 4.90 Å². The molecule has 0 amide bonds. The number of aliphatic hydroxyl groups excluding tert-OH is 1. The van der Waals surface area contributed by atoms with Crippen LogP contribution in [0.25, 0.3) is 0 Å². The fourth-order valence-electron chi connectivity index (χ4n) is 3.95. The largest absolute Gasteiger partial charge is 0.493 e. The van der Waals surface area contributed by atoms with Gasteiger partial charge in [0.25, 0.3) is 0 Å². The van der Waals surface area contributed by atoms with Gasteiger partial charge in [-0.25, -0.2) is 0 Å². The highest BCUT2D eigenvalue weighted by Gasteiger charge is 2.23. The zero-order chi connectivity index (χ0) is 23.6. The van der Waals surface area contributed by atoms with Gasteiger partial charge in [0.1, 0.15) is 24.7 Å². The molecule has 0 aromatic heterocycles. The van der Waals surface area contributed by atoms with E-state index in [1.807, 2.05) is 12.1 Å². The number of aldehydes is 1. The van der Waals surface area contributed by atoms with Gasteiger partial charge in [0.15, 0.2) is 11.5 Å². The third kappa shape index (κ3) is 7.08. The van der Waals surface area contributed by atoms with Crippen molar-refractivity contribution in [3.05, 3.63) is 47.5 Å². The lowest BCUT2D eigenvalue weighted by Gasteiger charge is -2.28. The van der Waals surface area contributed by atoms with Crippen LogP contribution in [0.2, 0.25) is 0 Å². The molecule has 180 valence electrons. The second kappa shape index (κ2) is 12.4. The molecule has 1 aliphatic heterocycles. The van der Waals surface area contributed by atoms with Gasteiger partial charge in [-0.3, -0.25) is 9.69 Å². The highest BCUT2D eigenvalue weighted by atomic mass is 16.5. The molecule has 1 heterocycles. The molecule has 2 atom stereocenters. The van der Waals surface area contributed by atoms with E-state index in [4.69, 9.17) is 23.7 Å². The van der Waals surface area contributed by atoms with Crippen molar-refractivity contribution < 1.29 is 33.6 Å². The van der Waals surface area contributed by atoms with Crippen molar-refractivity contribution in [2.75, 3.05) is 47.6 Å². The van der Waals surface area contributed by atoms with Crippen molar-refractivity contribution in [1.29, 1.82) is 0 Å². The molecule has 0 radical (unpaired) electrons. The number of ether oxygens (including phenoxy) is 5. The van der Waals surface area contributed by atoms with Crippen LogP contribution in [-0.2, 0) is 11.3 Å². The van der Waals surface area contributed by atoms with Crippen LogP contribution < -0.4 is 18.9 Å². The first kappa shape index (κ1) is 24.8.